The molecule has 0 bridgehead atoms. The summed E-state index contributed by atoms with van der Waals surface area (Å²) in [6.07, 6.45) is -0.0202. The number of amides is 1. The lowest BCUT2D eigenvalue weighted by Gasteiger charge is -2.13. The Balaban J connectivity index is 1.92. The fraction of sp³-hybridized carbons (Fsp3) is 0.318. The Morgan fingerprint density at radius 3 is 2.28 bits per heavy atom. The van der Waals surface area contributed by atoms with Gasteiger partial charge < -0.3 is 19.5 Å². The largest absolute Gasteiger partial charge is 0.497 e. The standard InChI is InChI=1S/C22H25NO6/c1-14(23-15(2)24)16-5-7-17(8-6-16)20(25)13-29-22(26)11-18-9-10-19(27-3)12-21(18)28-4/h5-10,12,14H,11,13H2,1-4H3,(H,23,24)/t14-/m1/s1. The molecular weight excluding hydrogens is 374 g/mol. The third kappa shape index (κ3) is 6.34. The predicted molar refractivity (Wildman–Crippen MR) is 107 cm³/mol. The van der Waals surface area contributed by atoms with Gasteiger partial charge in [-0.05, 0) is 18.6 Å². The zero-order valence-electron chi connectivity index (χ0n) is 17.0. The highest BCUT2D eigenvalue weighted by Crippen LogP contribution is 2.25. The average molecular weight is 399 g/mol. The third-order valence-corrected chi connectivity index (χ3v) is 4.35. The van der Waals surface area contributed by atoms with E-state index in [2.05, 4.69) is 5.32 Å². The summed E-state index contributed by atoms with van der Waals surface area (Å²) < 4.78 is 15.5. The van der Waals surface area contributed by atoms with Crippen molar-refractivity contribution in [3.8, 4) is 11.5 Å². The van der Waals surface area contributed by atoms with Gasteiger partial charge in [-0.1, -0.05) is 30.3 Å². The summed E-state index contributed by atoms with van der Waals surface area (Å²) in [5.41, 5.74) is 1.95. The van der Waals surface area contributed by atoms with Crippen molar-refractivity contribution in [1.82, 2.24) is 5.32 Å². The molecule has 0 radical (unpaired) electrons. The summed E-state index contributed by atoms with van der Waals surface area (Å²) in [7, 11) is 3.05. The molecule has 0 aliphatic heterocycles. The number of carbonyl (C=O) groups excluding carboxylic acids is 3. The number of ketones is 1. The molecule has 0 unspecified atom stereocenters. The second-order valence-corrected chi connectivity index (χ2v) is 6.48. The fourth-order valence-electron chi connectivity index (χ4n) is 2.78. The van der Waals surface area contributed by atoms with Gasteiger partial charge in [0.05, 0.1) is 26.7 Å². The fourth-order valence-corrected chi connectivity index (χ4v) is 2.78. The van der Waals surface area contributed by atoms with Gasteiger partial charge in [0, 0.05) is 24.1 Å². The molecule has 0 saturated heterocycles. The van der Waals surface area contributed by atoms with Crippen LogP contribution in [0.15, 0.2) is 42.5 Å². The van der Waals surface area contributed by atoms with E-state index in [1.807, 2.05) is 6.92 Å². The molecule has 0 aliphatic carbocycles. The molecule has 0 aliphatic rings. The first-order chi connectivity index (χ1) is 13.8. The van der Waals surface area contributed by atoms with Crippen LogP contribution >= 0.6 is 0 Å². The van der Waals surface area contributed by atoms with Gasteiger partial charge in [-0.3, -0.25) is 14.4 Å². The number of esters is 1. The highest BCUT2D eigenvalue weighted by Gasteiger charge is 2.14. The smallest absolute Gasteiger partial charge is 0.310 e. The van der Waals surface area contributed by atoms with E-state index in [0.29, 0.717) is 22.6 Å². The van der Waals surface area contributed by atoms with E-state index in [1.165, 1.54) is 14.0 Å². The van der Waals surface area contributed by atoms with E-state index in [0.717, 1.165) is 5.56 Å². The number of hydrogen-bond acceptors (Lipinski definition) is 6. The zero-order valence-corrected chi connectivity index (χ0v) is 17.0. The third-order valence-electron chi connectivity index (χ3n) is 4.35. The molecular formula is C22H25NO6. The van der Waals surface area contributed by atoms with Crippen LogP contribution in [-0.2, 0) is 20.7 Å². The van der Waals surface area contributed by atoms with Gasteiger partial charge >= 0.3 is 5.97 Å². The molecule has 1 atom stereocenters. The zero-order chi connectivity index (χ0) is 21.4. The maximum Gasteiger partial charge on any atom is 0.310 e. The monoisotopic (exact) mass is 399 g/mol. The molecule has 2 aromatic rings. The van der Waals surface area contributed by atoms with E-state index in [9.17, 15) is 14.4 Å². The average Bonchev–Trinajstić information content (AvgIpc) is 2.71. The first-order valence-corrected chi connectivity index (χ1v) is 9.10. The van der Waals surface area contributed by atoms with E-state index < -0.39 is 5.97 Å². The van der Waals surface area contributed by atoms with Crippen molar-refractivity contribution in [2.75, 3.05) is 20.8 Å². The van der Waals surface area contributed by atoms with Gasteiger partial charge in [-0.25, -0.2) is 0 Å². The van der Waals surface area contributed by atoms with Gasteiger partial charge in [0.25, 0.3) is 0 Å². The molecule has 0 heterocycles. The number of benzene rings is 2. The molecule has 1 N–H and O–H groups in total. The Labute approximate surface area is 170 Å². The van der Waals surface area contributed by atoms with Crippen molar-refractivity contribution in [2.24, 2.45) is 0 Å². The quantitative estimate of drug-likeness (QED) is 0.515. The van der Waals surface area contributed by atoms with Gasteiger partial charge in [0.2, 0.25) is 5.91 Å². The second kappa shape index (κ2) is 10.3. The minimum Gasteiger partial charge on any atom is -0.497 e. The number of hydrogen-bond donors (Lipinski definition) is 1. The number of Topliss-reactive ketones (excluding diaryl/α,β-unsaturated/α-hetero) is 1. The normalized spacial score (nSPS) is 11.3. The predicted octanol–water partition coefficient (Wildman–Crippen LogP) is 2.87. The van der Waals surface area contributed by atoms with Gasteiger partial charge in [-0.2, -0.15) is 0 Å². The molecule has 0 spiro atoms. The summed E-state index contributed by atoms with van der Waals surface area (Å²) in [6, 6.07) is 11.8. The summed E-state index contributed by atoms with van der Waals surface area (Å²) >= 11 is 0. The van der Waals surface area contributed by atoms with E-state index >= 15 is 0 Å². The summed E-state index contributed by atoms with van der Waals surface area (Å²) in [5.74, 6) is 0.163. The Kier molecular flexibility index (Phi) is 7.77. The molecule has 2 rings (SSSR count). The highest BCUT2D eigenvalue weighted by atomic mass is 16.5. The van der Waals surface area contributed by atoms with E-state index in [4.69, 9.17) is 14.2 Å². The molecule has 1 amide bonds. The van der Waals surface area contributed by atoms with Crippen molar-refractivity contribution in [3.63, 3.8) is 0 Å². The van der Waals surface area contributed by atoms with E-state index in [1.54, 1.807) is 49.6 Å². The van der Waals surface area contributed by atoms with Crippen molar-refractivity contribution in [2.45, 2.75) is 26.3 Å². The molecule has 7 heteroatoms. The lowest BCUT2D eigenvalue weighted by molar-refractivity contribution is -0.141. The lowest BCUT2D eigenvalue weighted by Crippen LogP contribution is -2.23. The van der Waals surface area contributed by atoms with Crippen LogP contribution in [0.4, 0.5) is 0 Å². The van der Waals surface area contributed by atoms with Crippen LogP contribution in [0.2, 0.25) is 0 Å². The van der Waals surface area contributed by atoms with Crippen molar-refractivity contribution in [1.29, 1.82) is 0 Å². The first kappa shape index (κ1) is 21.9. The minimum atomic E-state index is -0.530. The SMILES string of the molecule is COc1ccc(CC(=O)OCC(=O)c2ccc([C@@H](C)NC(C)=O)cc2)c(OC)c1. The maximum absolute atomic E-state index is 12.3. The Bertz CT molecular complexity index is 875. The second-order valence-electron chi connectivity index (χ2n) is 6.48. The minimum absolute atomic E-state index is 0.0202. The lowest BCUT2D eigenvalue weighted by atomic mass is 10.0. The van der Waals surface area contributed by atoms with Crippen molar-refractivity contribution < 1.29 is 28.6 Å². The van der Waals surface area contributed by atoms with Gasteiger partial charge in [0.1, 0.15) is 11.5 Å². The van der Waals surface area contributed by atoms with Crippen LogP contribution < -0.4 is 14.8 Å². The van der Waals surface area contributed by atoms with Crippen LogP contribution in [-0.4, -0.2) is 38.5 Å². The van der Waals surface area contributed by atoms with Crippen LogP contribution in [0.3, 0.4) is 0 Å². The molecule has 0 aromatic heterocycles. The summed E-state index contributed by atoms with van der Waals surface area (Å²) in [6.45, 7) is 2.95. The first-order valence-electron chi connectivity index (χ1n) is 9.10. The molecule has 0 saturated carbocycles. The Hall–Kier alpha value is -3.35. The van der Waals surface area contributed by atoms with Gasteiger partial charge in [-0.15, -0.1) is 0 Å². The topological polar surface area (TPSA) is 90.9 Å². The molecule has 0 fully saturated rings. The number of ether oxygens (including phenoxy) is 3. The van der Waals surface area contributed by atoms with Crippen LogP contribution in [0, 0.1) is 0 Å². The van der Waals surface area contributed by atoms with Crippen molar-refractivity contribution in [3.05, 3.63) is 59.2 Å². The number of nitrogens with one attached hydrogen (secondary N) is 1. The van der Waals surface area contributed by atoms with Crippen LogP contribution in [0.5, 0.6) is 11.5 Å². The molecule has 154 valence electrons. The number of methoxy groups -OCH3 is 2. The van der Waals surface area contributed by atoms with Crippen LogP contribution in [0.25, 0.3) is 0 Å². The van der Waals surface area contributed by atoms with Crippen LogP contribution in [0.1, 0.15) is 41.4 Å². The molecule has 7 nitrogen and oxygen atoms in total. The number of carbonyl (C=O) groups is 3. The maximum atomic E-state index is 12.3. The number of rotatable bonds is 9. The highest BCUT2D eigenvalue weighted by molar-refractivity contribution is 5.98. The van der Waals surface area contributed by atoms with Gasteiger partial charge in [0.15, 0.2) is 12.4 Å². The summed E-state index contributed by atoms with van der Waals surface area (Å²) in [4.78, 5) is 35.5. The molecule has 29 heavy (non-hydrogen) atoms. The Morgan fingerprint density at radius 2 is 1.69 bits per heavy atom. The summed E-state index contributed by atoms with van der Waals surface area (Å²) in [5, 5.41) is 2.78. The van der Waals surface area contributed by atoms with E-state index in [-0.39, 0.29) is 30.8 Å². The molecule has 2 aromatic carbocycles. The van der Waals surface area contributed by atoms with Crippen molar-refractivity contribution >= 4 is 17.7 Å². The Morgan fingerprint density at radius 1 is 1.00 bits per heavy atom.